The van der Waals surface area contributed by atoms with Gasteiger partial charge in [0, 0.05) is 23.4 Å². The van der Waals surface area contributed by atoms with Crippen LogP contribution in [0.1, 0.15) is 16.1 Å². The summed E-state index contributed by atoms with van der Waals surface area (Å²) >= 11 is 1.39. The molecule has 2 aromatic heterocycles. The summed E-state index contributed by atoms with van der Waals surface area (Å²) in [5, 5.41) is 6.18. The first-order chi connectivity index (χ1) is 13.2. The van der Waals surface area contributed by atoms with E-state index in [2.05, 4.69) is 22.4 Å². The van der Waals surface area contributed by atoms with Gasteiger partial charge in [-0.1, -0.05) is 42.5 Å². The molecule has 5 nitrogen and oxygen atoms in total. The molecule has 0 saturated heterocycles. The van der Waals surface area contributed by atoms with Gasteiger partial charge in [-0.15, -0.1) is 11.3 Å². The molecule has 0 aliphatic heterocycles. The van der Waals surface area contributed by atoms with Crippen molar-refractivity contribution in [2.24, 2.45) is 0 Å². The predicted octanol–water partition coefficient (Wildman–Crippen LogP) is 5.00. The van der Waals surface area contributed by atoms with Crippen LogP contribution in [0.25, 0.3) is 22.2 Å². The Hall–Kier alpha value is -2.96. The molecule has 2 aromatic carbocycles. The first-order valence-electron chi connectivity index (χ1n) is 8.56. The van der Waals surface area contributed by atoms with Gasteiger partial charge >= 0.3 is 0 Å². The molecule has 0 bridgehead atoms. The van der Waals surface area contributed by atoms with Crippen LogP contribution >= 0.6 is 11.3 Å². The van der Waals surface area contributed by atoms with Crippen LogP contribution in [0, 0.1) is 0 Å². The molecule has 4 rings (SSSR count). The fourth-order valence-corrected chi connectivity index (χ4v) is 3.49. The molecule has 0 radical (unpaired) electrons. The number of nitrogens with zero attached hydrogens (tertiary/aromatic N) is 1. The molecular formula is C21H18N2O3S. The highest BCUT2D eigenvalue weighted by atomic mass is 32.1. The van der Waals surface area contributed by atoms with Crippen molar-refractivity contribution in [3.8, 4) is 11.3 Å². The lowest BCUT2D eigenvalue weighted by atomic mass is 10.1. The Balaban J connectivity index is 1.46. The molecule has 0 aliphatic rings. The van der Waals surface area contributed by atoms with E-state index in [1.807, 2.05) is 41.8 Å². The maximum Gasteiger partial charge on any atom is 0.293 e. The van der Waals surface area contributed by atoms with E-state index in [1.54, 1.807) is 13.2 Å². The first kappa shape index (κ1) is 17.5. The third kappa shape index (κ3) is 3.92. The van der Waals surface area contributed by atoms with Gasteiger partial charge in [0.15, 0.2) is 10.9 Å². The number of fused-ring (bicyclic) bond motifs is 1. The Kier molecular flexibility index (Phi) is 5.00. The standard InChI is InChI=1S/C21H18N2O3S/c1-25-11-10-14-6-8-15(9-7-14)17-13-27-21(22-17)23-20(24)19-12-16-4-2-3-5-18(16)26-19/h2-9,12-13H,10-11H2,1H3,(H,22,23,24). The van der Waals surface area contributed by atoms with Crippen molar-refractivity contribution in [1.29, 1.82) is 0 Å². The van der Waals surface area contributed by atoms with Crippen molar-refractivity contribution in [3.63, 3.8) is 0 Å². The molecule has 0 fully saturated rings. The molecule has 1 N–H and O–H groups in total. The number of amides is 1. The number of benzene rings is 2. The van der Waals surface area contributed by atoms with Crippen molar-refractivity contribution < 1.29 is 13.9 Å². The van der Waals surface area contributed by atoms with Gasteiger partial charge in [-0.3, -0.25) is 10.1 Å². The molecule has 0 unspecified atom stereocenters. The first-order valence-corrected chi connectivity index (χ1v) is 9.44. The van der Waals surface area contributed by atoms with E-state index < -0.39 is 0 Å². The maximum absolute atomic E-state index is 12.4. The van der Waals surface area contributed by atoms with E-state index in [4.69, 9.17) is 9.15 Å². The van der Waals surface area contributed by atoms with Crippen LogP contribution in [-0.2, 0) is 11.2 Å². The summed E-state index contributed by atoms with van der Waals surface area (Å²) in [5.74, 6) is -0.0301. The minimum Gasteiger partial charge on any atom is -0.451 e. The summed E-state index contributed by atoms with van der Waals surface area (Å²) in [6.45, 7) is 0.702. The summed E-state index contributed by atoms with van der Waals surface area (Å²) < 4.78 is 10.7. The van der Waals surface area contributed by atoms with Crippen LogP contribution in [0.5, 0.6) is 0 Å². The Morgan fingerprint density at radius 2 is 2.00 bits per heavy atom. The number of thiazole rings is 1. The lowest BCUT2D eigenvalue weighted by Gasteiger charge is -2.02. The van der Waals surface area contributed by atoms with Gasteiger partial charge in [0.2, 0.25) is 0 Å². The third-order valence-corrected chi connectivity index (χ3v) is 4.98. The highest BCUT2D eigenvalue weighted by molar-refractivity contribution is 7.14. The fraction of sp³-hybridized carbons (Fsp3) is 0.143. The normalized spacial score (nSPS) is 11.0. The minimum absolute atomic E-state index is 0.274. The van der Waals surface area contributed by atoms with Crippen molar-refractivity contribution in [1.82, 2.24) is 4.98 Å². The molecule has 0 aliphatic carbocycles. The second kappa shape index (κ2) is 7.73. The molecule has 1 amide bonds. The Morgan fingerprint density at radius 1 is 1.19 bits per heavy atom. The number of anilines is 1. The van der Waals surface area contributed by atoms with Crippen molar-refractivity contribution in [2.75, 3.05) is 19.0 Å². The molecule has 0 spiro atoms. The number of methoxy groups -OCH3 is 1. The molecule has 6 heteroatoms. The van der Waals surface area contributed by atoms with E-state index in [9.17, 15) is 4.79 Å². The minimum atomic E-state index is -0.304. The van der Waals surface area contributed by atoms with Crippen LogP contribution in [0.3, 0.4) is 0 Å². The van der Waals surface area contributed by atoms with Crippen LogP contribution in [0.4, 0.5) is 5.13 Å². The average Bonchev–Trinajstić information content (AvgIpc) is 3.33. The lowest BCUT2D eigenvalue weighted by Crippen LogP contribution is -2.10. The number of ether oxygens (including phenoxy) is 1. The Labute approximate surface area is 160 Å². The molecule has 4 aromatic rings. The van der Waals surface area contributed by atoms with E-state index in [0.717, 1.165) is 23.1 Å². The predicted molar refractivity (Wildman–Crippen MR) is 107 cm³/mol. The smallest absolute Gasteiger partial charge is 0.293 e. The number of carbonyl (C=O) groups is 1. The SMILES string of the molecule is COCCc1ccc(-c2csc(NC(=O)c3cc4ccccc4o3)n2)cc1. The Morgan fingerprint density at radius 3 is 2.78 bits per heavy atom. The zero-order chi connectivity index (χ0) is 18.6. The maximum atomic E-state index is 12.4. The topological polar surface area (TPSA) is 64.4 Å². The van der Waals surface area contributed by atoms with Crippen LogP contribution in [-0.4, -0.2) is 24.6 Å². The van der Waals surface area contributed by atoms with Gasteiger partial charge in [-0.05, 0) is 24.1 Å². The molecule has 0 saturated carbocycles. The van der Waals surface area contributed by atoms with Gasteiger partial charge in [0.1, 0.15) is 5.58 Å². The van der Waals surface area contributed by atoms with Crippen molar-refractivity contribution in [2.45, 2.75) is 6.42 Å². The van der Waals surface area contributed by atoms with Gasteiger partial charge in [0.25, 0.3) is 5.91 Å². The third-order valence-electron chi connectivity index (χ3n) is 4.22. The molecule has 0 atom stereocenters. The van der Waals surface area contributed by atoms with Crippen LogP contribution in [0.15, 0.2) is 64.4 Å². The van der Waals surface area contributed by atoms with E-state index in [1.165, 1.54) is 16.9 Å². The van der Waals surface area contributed by atoms with Crippen molar-refractivity contribution in [3.05, 3.63) is 71.3 Å². The van der Waals surface area contributed by atoms with Gasteiger partial charge in [0.05, 0.1) is 12.3 Å². The highest BCUT2D eigenvalue weighted by Gasteiger charge is 2.14. The second-order valence-corrected chi connectivity index (χ2v) is 6.94. The van der Waals surface area contributed by atoms with Crippen molar-refractivity contribution >= 4 is 33.3 Å². The number of carbonyl (C=O) groups excluding carboxylic acids is 1. The fourth-order valence-electron chi connectivity index (χ4n) is 2.78. The summed E-state index contributed by atoms with van der Waals surface area (Å²) in [4.78, 5) is 16.9. The largest absolute Gasteiger partial charge is 0.451 e. The van der Waals surface area contributed by atoms with Crippen LogP contribution in [0.2, 0.25) is 0 Å². The van der Waals surface area contributed by atoms with Crippen LogP contribution < -0.4 is 5.32 Å². The summed E-state index contributed by atoms with van der Waals surface area (Å²) in [6, 6.07) is 17.5. The quantitative estimate of drug-likeness (QED) is 0.513. The zero-order valence-corrected chi connectivity index (χ0v) is 15.6. The number of hydrogen-bond donors (Lipinski definition) is 1. The lowest BCUT2D eigenvalue weighted by molar-refractivity contribution is 0.0998. The Bertz CT molecular complexity index is 1030. The van der Waals surface area contributed by atoms with E-state index in [-0.39, 0.29) is 11.7 Å². The molecule has 27 heavy (non-hydrogen) atoms. The average molecular weight is 378 g/mol. The number of hydrogen-bond acceptors (Lipinski definition) is 5. The number of aromatic nitrogens is 1. The summed E-state index contributed by atoms with van der Waals surface area (Å²) in [6.07, 6.45) is 0.882. The summed E-state index contributed by atoms with van der Waals surface area (Å²) in [5.41, 5.74) is 3.75. The van der Waals surface area contributed by atoms with E-state index >= 15 is 0 Å². The van der Waals surface area contributed by atoms with E-state index in [0.29, 0.717) is 17.3 Å². The molecular weight excluding hydrogens is 360 g/mol. The van der Waals surface area contributed by atoms with Gasteiger partial charge in [-0.25, -0.2) is 4.98 Å². The second-order valence-electron chi connectivity index (χ2n) is 6.08. The zero-order valence-electron chi connectivity index (χ0n) is 14.8. The number of para-hydroxylation sites is 1. The number of nitrogens with one attached hydrogen (secondary N) is 1. The molecule has 136 valence electrons. The number of rotatable bonds is 6. The summed E-state index contributed by atoms with van der Waals surface area (Å²) in [7, 11) is 1.70. The number of furan rings is 1. The monoisotopic (exact) mass is 378 g/mol. The van der Waals surface area contributed by atoms with Gasteiger partial charge < -0.3 is 9.15 Å². The highest BCUT2D eigenvalue weighted by Crippen LogP contribution is 2.26. The molecule has 2 heterocycles. The van der Waals surface area contributed by atoms with Gasteiger partial charge in [-0.2, -0.15) is 0 Å².